The number of fused-ring (bicyclic) bond motifs is 1. The molecule has 0 saturated carbocycles. The minimum atomic E-state index is -0.695. The Balaban J connectivity index is 2.21. The zero-order valence-electron chi connectivity index (χ0n) is 11.9. The largest absolute Gasteiger partial charge is 0.354 e. The van der Waals surface area contributed by atoms with Crippen molar-refractivity contribution in [1.82, 2.24) is 14.9 Å². The van der Waals surface area contributed by atoms with Crippen molar-refractivity contribution in [3.05, 3.63) is 28.5 Å². The minimum absolute atomic E-state index is 0.100. The lowest BCUT2D eigenvalue weighted by atomic mass is 10.2. The van der Waals surface area contributed by atoms with Crippen LogP contribution in [0.15, 0.2) is 12.1 Å². The van der Waals surface area contributed by atoms with Crippen molar-refractivity contribution in [3.63, 3.8) is 0 Å². The Morgan fingerprint density at radius 2 is 2.19 bits per heavy atom. The Kier molecular flexibility index (Phi) is 4.72. The molecule has 1 atom stereocenters. The Morgan fingerprint density at radius 1 is 1.48 bits per heavy atom. The van der Waals surface area contributed by atoms with Gasteiger partial charge in [-0.15, -0.1) is 0 Å². The van der Waals surface area contributed by atoms with Crippen LogP contribution < -0.4 is 5.32 Å². The topological polar surface area (TPSA) is 49.8 Å². The monoisotopic (exact) mass is 313 g/mol. The zero-order valence-corrected chi connectivity index (χ0v) is 12.7. The summed E-state index contributed by atoms with van der Waals surface area (Å²) in [6.07, 6.45) is 1.04. The number of benzene rings is 1. The number of carbonyl (C=O) groups is 1. The molecular formula is C14H17F2N3OS. The van der Waals surface area contributed by atoms with Gasteiger partial charge in [-0.1, -0.05) is 6.92 Å². The van der Waals surface area contributed by atoms with E-state index in [2.05, 4.69) is 10.3 Å². The van der Waals surface area contributed by atoms with Crippen molar-refractivity contribution < 1.29 is 13.6 Å². The maximum absolute atomic E-state index is 13.6. The predicted molar refractivity (Wildman–Crippen MR) is 79.6 cm³/mol. The standard InChI is InChI=1S/C14H17F2N3OS/c1-3-8(2)17-12(20)4-5-19-11-7-9(15)6-10(16)13(11)18-14(19)21/h6-8H,3-5H2,1-2H3,(H,17,20)(H,18,21). The molecule has 114 valence electrons. The first-order chi connectivity index (χ1) is 9.92. The molecule has 0 saturated heterocycles. The van der Waals surface area contributed by atoms with Crippen molar-refractivity contribution in [1.29, 1.82) is 0 Å². The van der Waals surface area contributed by atoms with Gasteiger partial charge in [-0.05, 0) is 31.6 Å². The first-order valence-electron chi connectivity index (χ1n) is 6.79. The average molecular weight is 313 g/mol. The van der Waals surface area contributed by atoms with Crippen LogP contribution in [0.25, 0.3) is 11.0 Å². The minimum Gasteiger partial charge on any atom is -0.354 e. The number of aromatic amines is 1. The number of rotatable bonds is 5. The Bertz CT molecular complexity index is 723. The molecule has 2 aromatic rings. The number of nitrogens with one attached hydrogen (secondary N) is 2. The van der Waals surface area contributed by atoms with E-state index in [9.17, 15) is 13.6 Å². The molecule has 1 unspecified atom stereocenters. The molecule has 2 N–H and O–H groups in total. The smallest absolute Gasteiger partial charge is 0.222 e. The van der Waals surface area contributed by atoms with Crippen LogP contribution >= 0.6 is 12.2 Å². The fraction of sp³-hybridized carbons (Fsp3) is 0.429. The summed E-state index contributed by atoms with van der Waals surface area (Å²) in [5.41, 5.74) is 0.484. The summed E-state index contributed by atoms with van der Waals surface area (Å²) >= 11 is 5.11. The zero-order chi connectivity index (χ0) is 15.6. The van der Waals surface area contributed by atoms with Crippen molar-refractivity contribution in [2.45, 2.75) is 39.3 Å². The number of nitrogens with zero attached hydrogens (tertiary/aromatic N) is 1. The molecule has 21 heavy (non-hydrogen) atoms. The molecule has 0 aliphatic rings. The van der Waals surface area contributed by atoms with E-state index >= 15 is 0 Å². The highest BCUT2D eigenvalue weighted by atomic mass is 32.1. The van der Waals surface area contributed by atoms with Crippen LogP contribution in [0, 0.1) is 16.4 Å². The summed E-state index contributed by atoms with van der Waals surface area (Å²) in [6.45, 7) is 4.16. The van der Waals surface area contributed by atoms with E-state index in [0.717, 1.165) is 12.5 Å². The lowest BCUT2D eigenvalue weighted by molar-refractivity contribution is -0.121. The third-order valence-corrected chi connectivity index (χ3v) is 3.71. The number of H-pyrrole nitrogens is 1. The van der Waals surface area contributed by atoms with E-state index < -0.39 is 11.6 Å². The van der Waals surface area contributed by atoms with Crippen LogP contribution in [0.4, 0.5) is 8.78 Å². The maximum Gasteiger partial charge on any atom is 0.222 e. The Hall–Kier alpha value is -1.76. The summed E-state index contributed by atoms with van der Waals surface area (Å²) < 4.78 is 28.8. The van der Waals surface area contributed by atoms with Gasteiger partial charge in [0.05, 0.1) is 5.52 Å². The lowest BCUT2D eigenvalue weighted by Crippen LogP contribution is -2.32. The van der Waals surface area contributed by atoms with Crippen molar-refractivity contribution in [2.75, 3.05) is 0 Å². The van der Waals surface area contributed by atoms with E-state index in [1.54, 1.807) is 0 Å². The number of aryl methyl sites for hydroxylation is 1. The van der Waals surface area contributed by atoms with Gasteiger partial charge in [-0.2, -0.15) is 0 Å². The second-order valence-corrected chi connectivity index (χ2v) is 5.38. The molecule has 1 aromatic carbocycles. The molecule has 0 aliphatic heterocycles. The van der Waals surface area contributed by atoms with Crippen LogP contribution in [0.1, 0.15) is 26.7 Å². The normalized spacial score (nSPS) is 12.6. The summed E-state index contributed by atoms with van der Waals surface area (Å²) in [7, 11) is 0. The van der Waals surface area contributed by atoms with Crippen LogP contribution in [0.2, 0.25) is 0 Å². The highest BCUT2D eigenvalue weighted by molar-refractivity contribution is 7.71. The van der Waals surface area contributed by atoms with E-state index in [1.165, 1.54) is 10.6 Å². The van der Waals surface area contributed by atoms with Gasteiger partial charge >= 0.3 is 0 Å². The SMILES string of the molecule is CCC(C)NC(=O)CCn1c(=S)[nH]c2c(F)cc(F)cc21. The van der Waals surface area contributed by atoms with Gasteiger partial charge in [0.15, 0.2) is 10.6 Å². The van der Waals surface area contributed by atoms with Gasteiger partial charge in [0.1, 0.15) is 11.3 Å². The molecule has 2 rings (SSSR count). The summed E-state index contributed by atoms with van der Waals surface area (Å²) in [6, 6.07) is 2.11. The first kappa shape index (κ1) is 15.6. The summed E-state index contributed by atoms with van der Waals surface area (Å²) in [5, 5.41) is 2.84. The van der Waals surface area contributed by atoms with Gasteiger partial charge in [0, 0.05) is 25.1 Å². The fourth-order valence-electron chi connectivity index (χ4n) is 2.06. The van der Waals surface area contributed by atoms with E-state index in [1.807, 2.05) is 13.8 Å². The quantitative estimate of drug-likeness (QED) is 0.832. The second-order valence-electron chi connectivity index (χ2n) is 4.99. The molecule has 0 radical (unpaired) electrons. The molecule has 0 aliphatic carbocycles. The van der Waals surface area contributed by atoms with Crippen molar-refractivity contribution >= 4 is 29.2 Å². The van der Waals surface area contributed by atoms with Crippen LogP contribution in [0.5, 0.6) is 0 Å². The van der Waals surface area contributed by atoms with Crippen LogP contribution in [0.3, 0.4) is 0 Å². The van der Waals surface area contributed by atoms with Gasteiger partial charge in [0.2, 0.25) is 5.91 Å². The highest BCUT2D eigenvalue weighted by Crippen LogP contribution is 2.19. The number of halogens is 2. The molecule has 4 nitrogen and oxygen atoms in total. The Morgan fingerprint density at radius 3 is 2.86 bits per heavy atom. The maximum atomic E-state index is 13.6. The molecule has 7 heteroatoms. The third-order valence-electron chi connectivity index (χ3n) is 3.38. The molecule has 1 aromatic heterocycles. The van der Waals surface area contributed by atoms with Gasteiger partial charge in [-0.25, -0.2) is 8.78 Å². The molecule has 1 heterocycles. The number of carbonyl (C=O) groups excluding carboxylic acids is 1. The van der Waals surface area contributed by atoms with E-state index in [4.69, 9.17) is 12.2 Å². The van der Waals surface area contributed by atoms with Gasteiger partial charge < -0.3 is 14.9 Å². The number of aromatic nitrogens is 2. The molecule has 1 amide bonds. The number of hydrogen-bond acceptors (Lipinski definition) is 2. The Labute approximate surface area is 126 Å². The predicted octanol–water partition coefficient (Wildman–Crippen LogP) is 3.28. The van der Waals surface area contributed by atoms with E-state index in [-0.39, 0.29) is 35.2 Å². The summed E-state index contributed by atoms with van der Waals surface area (Å²) in [4.78, 5) is 14.5. The lowest BCUT2D eigenvalue weighted by Gasteiger charge is -2.11. The van der Waals surface area contributed by atoms with Crippen molar-refractivity contribution in [3.8, 4) is 0 Å². The molecule has 0 fully saturated rings. The number of imidazole rings is 1. The first-order valence-corrected chi connectivity index (χ1v) is 7.20. The van der Waals surface area contributed by atoms with Gasteiger partial charge in [-0.3, -0.25) is 4.79 Å². The van der Waals surface area contributed by atoms with Crippen molar-refractivity contribution in [2.24, 2.45) is 0 Å². The fourth-order valence-corrected chi connectivity index (χ4v) is 2.36. The third kappa shape index (κ3) is 3.47. The highest BCUT2D eigenvalue weighted by Gasteiger charge is 2.12. The number of amides is 1. The molecular weight excluding hydrogens is 296 g/mol. The summed E-state index contributed by atoms with van der Waals surface area (Å²) in [5.74, 6) is -1.48. The van der Waals surface area contributed by atoms with Crippen LogP contribution in [-0.4, -0.2) is 21.5 Å². The van der Waals surface area contributed by atoms with Crippen LogP contribution in [-0.2, 0) is 11.3 Å². The van der Waals surface area contributed by atoms with Gasteiger partial charge in [0.25, 0.3) is 0 Å². The molecule has 0 spiro atoms. The average Bonchev–Trinajstić information content (AvgIpc) is 2.73. The number of hydrogen-bond donors (Lipinski definition) is 2. The molecule has 0 bridgehead atoms. The second kappa shape index (κ2) is 6.34. The van der Waals surface area contributed by atoms with E-state index in [0.29, 0.717) is 5.52 Å².